The number of hydrogen-bond acceptors (Lipinski definition) is 4. The Morgan fingerprint density at radius 1 is 1.55 bits per heavy atom. The number of hydrazone groups is 1. The quantitative estimate of drug-likeness (QED) is 0.413. The number of nitrogens with zero attached hydrogens (tertiary/aromatic N) is 1. The summed E-state index contributed by atoms with van der Waals surface area (Å²) in [5, 5.41) is 15.6. The molecule has 0 saturated heterocycles. The molecule has 0 spiro atoms. The molecular weight excluding hydrogens is 455 g/mol. The summed E-state index contributed by atoms with van der Waals surface area (Å²) < 4.78 is 1.55. The van der Waals surface area contributed by atoms with E-state index >= 15 is 0 Å². The van der Waals surface area contributed by atoms with Crippen LogP contribution in [0.1, 0.15) is 10.4 Å². The van der Waals surface area contributed by atoms with Gasteiger partial charge in [-0.1, -0.05) is 22.0 Å². The fraction of sp³-hybridized carbons (Fsp3) is 0.0769. The van der Waals surface area contributed by atoms with Gasteiger partial charge in [0.15, 0.2) is 0 Å². The van der Waals surface area contributed by atoms with Crippen molar-refractivity contribution in [2.24, 2.45) is 5.10 Å². The summed E-state index contributed by atoms with van der Waals surface area (Å²) in [5.74, 6) is -0.0436. The van der Waals surface area contributed by atoms with Gasteiger partial charge in [-0.3, -0.25) is 4.79 Å². The SMILES string of the molecule is O=C(Cc1cccs1)N/N=C\c1cc(Br)cc(I)c1O. The number of halogens is 2. The average Bonchev–Trinajstić information content (AvgIpc) is 2.87. The second-order valence-corrected chi connectivity index (χ2v) is 6.98. The van der Waals surface area contributed by atoms with E-state index in [2.05, 4.69) is 26.5 Å². The van der Waals surface area contributed by atoms with Crippen molar-refractivity contribution in [2.75, 3.05) is 0 Å². The molecule has 0 radical (unpaired) electrons. The van der Waals surface area contributed by atoms with Crippen molar-refractivity contribution in [2.45, 2.75) is 6.42 Å². The maximum absolute atomic E-state index is 11.6. The number of carbonyl (C=O) groups is 1. The van der Waals surface area contributed by atoms with Crippen molar-refractivity contribution < 1.29 is 9.90 Å². The van der Waals surface area contributed by atoms with Gasteiger partial charge in [-0.15, -0.1) is 11.3 Å². The molecule has 0 unspecified atom stereocenters. The summed E-state index contributed by atoms with van der Waals surface area (Å²) in [6.45, 7) is 0. The lowest BCUT2D eigenvalue weighted by Gasteiger charge is -2.03. The molecule has 0 bridgehead atoms. The lowest BCUT2D eigenvalue weighted by Crippen LogP contribution is -2.19. The maximum Gasteiger partial charge on any atom is 0.245 e. The summed E-state index contributed by atoms with van der Waals surface area (Å²) in [7, 11) is 0. The first kappa shape index (κ1) is 15.5. The maximum atomic E-state index is 11.6. The number of amides is 1. The third-order valence-corrected chi connectivity index (χ3v) is 4.52. The van der Waals surface area contributed by atoms with Crippen LogP contribution >= 0.6 is 49.9 Å². The molecule has 2 N–H and O–H groups in total. The van der Waals surface area contributed by atoms with Crippen molar-refractivity contribution in [3.8, 4) is 5.75 Å². The first-order chi connectivity index (χ1) is 9.56. The van der Waals surface area contributed by atoms with Crippen LogP contribution in [0.2, 0.25) is 0 Å². The predicted molar refractivity (Wildman–Crippen MR) is 92.3 cm³/mol. The van der Waals surface area contributed by atoms with Gasteiger partial charge in [-0.25, -0.2) is 5.43 Å². The third-order valence-electron chi connectivity index (χ3n) is 2.37. The Balaban J connectivity index is 1.98. The number of phenolic OH excluding ortho intramolecular Hbond substituents is 1. The van der Waals surface area contributed by atoms with E-state index < -0.39 is 0 Å². The fourth-order valence-corrected chi connectivity index (χ4v) is 3.72. The zero-order chi connectivity index (χ0) is 14.5. The molecule has 0 aliphatic heterocycles. The van der Waals surface area contributed by atoms with E-state index in [1.807, 2.05) is 40.1 Å². The van der Waals surface area contributed by atoms with Gasteiger partial charge in [-0.2, -0.15) is 5.10 Å². The van der Waals surface area contributed by atoms with Crippen molar-refractivity contribution in [3.05, 3.63) is 48.1 Å². The second-order valence-electron chi connectivity index (χ2n) is 3.87. The average molecular weight is 465 g/mol. The van der Waals surface area contributed by atoms with Crippen LogP contribution < -0.4 is 5.43 Å². The highest BCUT2D eigenvalue weighted by Crippen LogP contribution is 2.27. The fourth-order valence-electron chi connectivity index (χ4n) is 1.47. The molecule has 7 heteroatoms. The molecule has 1 heterocycles. The molecule has 104 valence electrons. The van der Waals surface area contributed by atoms with Crippen molar-refractivity contribution in [3.63, 3.8) is 0 Å². The van der Waals surface area contributed by atoms with E-state index in [4.69, 9.17) is 0 Å². The minimum Gasteiger partial charge on any atom is -0.506 e. The molecule has 0 aliphatic rings. The first-order valence-corrected chi connectivity index (χ1v) is 8.33. The number of benzene rings is 1. The molecule has 0 atom stereocenters. The van der Waals surface area contributed by atoms with Crippen molar-refractivity contribution in [1.82, 2.24) is 5.43 Å². The predicted octanol–water partition coefficient (Wildman–Crippen LogP) is 3.51. The first-order valence-electron chi connectivity index (χ1n) is 5.58. The van der Waals surface area contributed by atoms with Gasteiger partial charge in [0.05, 0.1) is 16.2 Å². The summed E-state index contributed by atoms with van der Waals surface area (Å²) in [5.41, 5.74) is 2.99. The highest BCUT2D eigenvalue weighted by Gasteiger charge is 2.06. The Labute approximate surface area is 142 Å². The topological polar surface area (TPSA) is 61.7 Å². The Morgan fingerprint density at radius 2 is 2.35 bits per heavy atom. The summed E-state index contributed by atoms with van der Waals surface area (Å²) in [4.78, 5) is 12.6. The summed E-state index contributed by atoms with van der Waals surface area (Å²) in [6.07, 6.45) is 1.73. The van der Waals surface area contributed by atoms with Crippen LogP contribution in [-0.2, 0) is 11.2 Å². The Hall–Kier alpha value is -0.930. The van der Waals surface area contributed by atoms with Gasteiger partial charge in [0.25, 0.3) is 0 Å². The molecule has 0 aliphatic carbocycles. The number of carbonyl (C=O) groups excluding carboxylic acids is 1. The molecular formula is C13H10BrIN2O2S. The van der Waals surface area contributed by atoms with E-state index in [0.29, 0.717) is 15.6 Å². The lowest BCUT2D eigenvalue weighted by atomic mass is 10.2. The molecule has 20 heavy (non-hydrogen) atoms. The number of rotatable bonds is 4. The standard InChI is InChI=1S/C13H10BrIN2O2S/c14-9-4-8(13(19)11(15)5-9)7-16-17-12(18)6-10-2-1-3-20-10/h1-5,7,19H,6H2,(H,17,18)/b16-7-. The number of aromatic hydroxyl groups is 1. The molecule has 4 nitrogen and oxygen atoms in total. The van der Waals surface area contributed by atoms with Gasteiger partial charge >= 0.3 is 0 Å². The van der Waals surface area contributed by atoms with E-state index in [9.17, 15) is 9.90 Å². The van der Waals surface area contributed by atoms with Gasteiger partial charge in [-0.05, 0) is 46.2 Å². The van der Waals surface area contributed by atoms with E-state index in [1.54, 1.807) is 12.1 Å². The van der Waals surface area contributed by atoms with Crippen molar-refractivity contribution >= 4 is 62.0 Å². The van der Waals surface area contributed by atoms with Crippen LogP contribution in [0.15, 0.2) is 39.2 Å². The van der Waals surface area contributed by atoms with E-state index in [0.717, 1.165) is 9.35 Å². The zero-order valence-corrected chi connectivity index (χ0v) is 14.7. The van der Waals surface area contributed by atoms with Gasteiger partial charge in [0, 0.05) is 14.9 Å². The van der Waals surface area contributed by atoms with Gasteiger partial charge in [0.1, 0.15) is 5.75 Å². The van der Waals surface area contributed by atoms with Gasteiger partial charge in [0.2, 0.25) is 5.91 Å². The number of phenols is 1. The summed E-state index contributed by atoms with van der Waals surface area (Å²) in [6, 6.07) is 7.32. The normalized spacial score (nSPS) is 10.9. The lowest BCUT2D eigenvalue weighted by molar-refractivity contribution is -0.120. The van der Waals surface area contributed by atoms with Crippen LogP contribution in [0.3, 0.4) is 0 Å². The molecule has 1 aromatic carbocycles. The van der Waals surface area contributed by atoms with Crippen molar-refractivity contribution in [1.29, 1.82) is 0 Å². The number of hydrogen-bond donors (Lipinski definition) is 2. The second kappa shape index (κ2) is 7.19. The van der Waals surface area contributed by atoms with Crippen LogP contribution in [0, 0.1) is 3.57 Å². The minimum atomic E-state index is -0.187. The Morgan fingerprint density at radius 3 is 3.05 bits per heavy atom. The Bertz CT molecular complexity index is 644. The molecule has 2 aromatic rings. The van der Waals surface area contributed by atoms with Gasteiger partial charge < -0.3 is 5.11 Å². The minimum absolute atomic E-state index is 0.144. The molecule has 1 amide bonds. The van der Waals surface area contributed by atoms with Crippen LogP contribution in [-0.4, -0.2) is 17.2 Å². The highest BCUT2D eigenvalue weighted by molar-refractivity contribution is 14.1. The van der Waals surface area contributed by atoms with E-state index in [1.165, 1.54) is 17.6 Å². The summed E-state index contributed by atoms with van der Waals surface area (Å²) >= 11 is 6.90. The monoisotopic (exact) mass is 464 g/mol. The third kappa shape index (κ3) is 4.29. The van der Waals surface area contributed by atoms with Crippen LogP contribution in [0.25, 0.3) is 0 Å². The van der Waals surface area contributed by atoms with Crippen LogP contribution in [0.5, 0.6) is 5.75 Å². The Kier molecular flexibility index (Phi) is 5.55. The molecule has 0 fully saturated rings. The molecule has 2 rings (SSSR count). The number of thiophene rings is 1. The molecule has 0 saturated carbocycles. The van der Waals surface area contributed by atoms with E-state index in [-0.39, 0.29) is 11.7 Å². The zero-order valence-electron chi connectivity index (χ0n) is 10.1. The molecule has 1 aromatic heterocycles. The smallest absolute Gasteiger partial charge is 0.245 e. The largest absolute Gasteiger partial charge is 0.506 e. The highest BCUT2D eigenvalue weighted by atomic mass is 127. The number of nitrogens with one attached hydrogen (secondary N) is 1. The van der Waals surface area contributed by atoms with Crippen LogP contribution in [0.4, 0.5) is 0 Å².